The quantitative estimate of drug-likeness (QED) is 0.346. The van der Waals surface area contributed by atoms with Gasteiger partial charge in [-0.05, 0) is 47.2 Å². The molecule has 0 bridgehead atoms. The second-order valence-electron chi connectivity index (χ2n) is 7.07. The second-order valence-corrected chi connectivity index (χ2v) is 7.07. The Balaban J connectivity index is 1.64. The number of hydrogen-bond acceptors (Lipinski definition) is 6. The van der Waals surface area contributed by atoms with Crippen LogP contribution in [0.1, 0.15) is 28.3 Å². The topological polar surface area (TPSA) is 85.4 Å². The molecule has 0 aliphatic heterocycles. The summed E-state index contributed by atoms with van der Waals surface area (Å²) < 4.78 is 0. The minimum Gasteiger partial charge on any atom is -0.354 e. The summed E-state index contributed by atoms with van der Waals surface area (Å²) in [4.78, 5) is 31.0. The van der Waals surface area contributed by atoms with Gasteiger partial charge in [0.15, 0.2) is 0 Å². The summed E-state index contributed by atoms with van der Waals surface area (Å²) in [5.74, 6) is -0.0695. The van der Waals surface area contributed by atoms with Gasteiger partial charge in [-0.1, -0.05) is 36.4 Å². The van der Waals surface area contributed by atoms with Crippen molar-refractivity contribution in [1.29, 1.82) is 0 Å². The van der Waals surface area contributed by atoms with Crippen LogP contribution in [0, 0.1) is 0 Å². The Morgan fingerprint density at radius 3 is 2.26 bits per heavy atom. The van der Waals surface area contributed by atoms with Crippen molar-refractivity contribution >= 4 is 5.91 Å². The van der Waals surface area contributed by atoms with Gasteiger partial charge < -0.3 is 10.6 Å². The Morgan fingerprint density at radius 1 is 0.935 bits per heavy atom. The predicted octanol–water partition coefficient (Wildman–Crippen LogP) is 2.79. The molecule has 2 N–H and O–H groups in total. The zero-order valence-electron chi connectivity index (χ0n) is 17.7. The monoisotopic (exact) mass is 420 g/mol. The van der Waals surface area contributed by atoms with Crippen molar-refractivity contribution < 1.29 is 14.6 Å². The van der Waals surface area contributed by atoms with Crippen LogP contribution in [0.4, 0.5) is 0 Å². The third kappa shape index (κ3) is 7.57. The molecule has 1 unspecified atom stereocenters. The largest absolute Gasteiger partial charge is 0.354 e. The van der Waals surface area contributed by atoms with Crippen molar-refractivity contribution in [2.24, 2.45) is 0 Å². The first kappa shape index (κ1) is 22.6. The number of benzene rings is 1. The van der Waals surface area contributed by atoms with Crippen LogP contribution >= 0.6 is 0 Å². The van der Waals surface area contributed by atoms with Gasteiger partial charge in [0, 0.05) is 37.9 Å². The summed E-state index contributed by atoms with van der Waals surface area (Å²) in [6.45, 7) is 1.50. The summed E-state index contributed by atoms with van der Waals surface area (Å²) in [5, 5.41) is 6.44. The highest BCUT2D eigenvalue weighted by Crippen LogP contribution is 2.16. The third-order valence-electron chi connectivity index (χ3n) is 4.81. The normalized spacial score (nSPS) is 11.8. The number of nitrogens with zero attached hydrogens (tertiary/aromatic N) is 2. The lowest BCUT2D eigenvalue weighted by Gasteiger charge is -2.20. The zero-order valence-corrected chi connectivity index (χ0v) is 17.7. The van der Waals surface area contributed by atoms with Crippen molar-refractivity contribution in [3.63, 3.8) is 0 Å². The first-order valence-electron chi connectivity index (χ1n) is 10.3. The van der Waals surface area contributed by atoms with E-state index in [1.807, 2.05) is 60.9 Å². The van der Waals surface area contributed by atoms with Crippen molar-refractivity contribution in [3.05, 3.63) is 95.6 Å². The molecule has 1 amide bonds. The van der Waals surface area contributed by atoms with Gasteiger partial charge in [0.1, 0.15) is 12.6 Å². The standard InChI is InChI=1S/C24H28N4O3/c1-30-31-18-21-5-2-8-22(15-21)23(27-13-9-19-6-3-11-25-16-19)24(29)28-14-10-20-7-4-12-26-17-20/h2-8,11-12,15-17,23,27H,9-10,13-14,18H2,1H3,(H,28,29). The molecule has 31 heavy (non-hydrogen) atoms. The van der Waals surface area contributed by atoms with Gasteiger partial charge in [-0.15, -0.1) is 0 Å². The number of carbonyl (C=O) groups is 1. The van der Waals surface area contributed by atoms with E-state index in [9.17, 15) is 4.79 Å². The predicted molar refractivity (Wildman–Crippen MR) is 118 cm³/mol. The Kier molecular flexibility index (Phi) is 9.12. The first-order valence-corrected chi connectivity index (χ1v) is 10.3. The van der Waals surface area contributed by atoms with Crippen LogP contribution in [-0.4, -0.2) is 36.1 Å². The number of amides is 1. The molecule has 7 nitrogen and oxygen atoms in total. The molecule has 1 atom stereocenters. The SMILES string of the molecule is COOCc1cccc(C(NCCc2cccnc2)C(=O)NCCc2cccnc2)c1. The van der Waals surface area contributed by atoms with Crippen LogP contribution in [0.15, 0.2) is 73.3 Å². The molecule has 1 aromatic carbocycles. The summed E-state index contributed by atoms with van der Waals surface area (Å²) in [5.41, 5.74) is 4.01. The number of aromatic nitrogens is 2. The molecule has 0 radical (unpaired) electrons. The van der Waals surface area contributed by atoms with Crippen molar-refractivity contribution in [1.82, 2.24) is 20.6 Å². The van der Waals surface area contributed by atoms with Gasteiger partial charge in [0.2, 0.25) is 5.91 Å². The number of nitrogens with one attached hydrogen (secondary N) is 2. The van der Waals surface area contributed by atoms with Crippen molar-refractivity contribution in [3.8, 4) is 0 Å². The van der Waals surface area contributed by atoms with Crippen LogP contribution in [0.3, 0.4) is 0 Å². The fraction of sp³-hybridized carbons (Fsp3) is 0.292. The number of hydrogen-bond donors (Lipinski definition) is 2. The highest BCUT2D eigenvalue weighted by Gasteiger charge is 2.20. The third-order valence-corrected chi connectivity index (χ3v) is 4.81. The molecule has 3 rings (SSSR count). The highest BCUT2D eigenvalue weighted by molar-refractivity contribution is 5.83. The molecule has 162 valence electrons. The molecule has 7 heteroatoms. The van der Waals surface area contributed by atoms with E-state index in [0.717, 1.165) is 35.1 Å². The Hall–Kier alpha value is -3.13. The second kappa shape index (κ2) is 12.5. The summed E-state index contributed by atoms with van der Waals surface area (Å²) in [6.07, 6.45) is 8.65. The van der Waals surface area contributed by atoms with Crippen LogP contribution in [0.2, 0.25) is 0 Å². The van der Waals surface area contributed by atoms with Crippen LogP contribution in [-0.2, 0) is 34.0 Å². The molecule has 2 aromatic heterocycles. The van der Waals surface area contributed by atoms with Gasteiger partial charge in [0.25, 0.3) is 0 Å². The van der Waals surface area contributed by atoms with Crippen molar-refractivity contribution in [2.75, 3.05) is 20.2 Å². The number of pyridine rings is 2. The maximum absolute atomic E-state index is 13.0. The van der Waals surface area contributed by atoms with E-state index in [2.05, 4.69) is 20.6 Å². The number of carbonyl (C=O) groups excluding carboxylic acids is 1. The first-order chi connectivity index (χ1) is 15.3. The highest BCUT2D eigenvalue weighted by atomic mass is 17.2. The lowest BCUT2D eigenvalue weighted by atomic mass is 10.0. The molecule has 0 spiro atoms. The molecular weight excluding hydrogens is 392 g/mol. The lowest BCUT2D eigenvalue weighted by molar-refractivity contribution is -0.282. The van der Waals surface area contributed by atoms with Crippen LogP contribution in [0.5, 0.6) is 0 Å². The van der Waals surface area contributed by atoms with Crippen LogP contribution in [0.25, 0.3) is 0 Å². The fourth-order valence-corrected chi connectivity index (χ4v) is 3.24. The smallest absolute Gasteiger partial charge is 0.241 e. The lowest BCUT2D eigenvalue weighted by Crippen LogP contribution is -2.39. The van der Waals surface area contributed by atoms with Gasteiger partial charge >= 0.3 is 0 Å². The van der Waals surface area contributed by atoms with E-state index in [0.29, 0.717) is 19.7 Å². The van der Waals surface area contributed by atoms with Gasteiger partial charge in [-0.3, -0.25) is 14.8 Å². The average Bonchev–Trinajstić information content (AvgIpc) is 2.82. The maximum Gasteiger partial charge on any atom is 0.241 e. The van der Waals surface area contributed by atoms with E-state index < -0.39 is 6.04 Å². The summed E-state index contributed by atoms with van der Waals surface area (Å²) in [6, 6.07) is 15.1. The molecular formula is C24H28N4O3. The molecule has 0 saturated heterocycles. The van der Waals surface area contributed by atoms with Gasteiger partial charge in [-0.25, -0.2) is 9.78 Å². The Bertz CT molecular complexity index is 922. The molecule has 0 aliphatic carbocycles. The fourth-order valence-electron chi connectivity index (χ4n) is 3.24. The number of rotatable bonds is 12. The Labute approximate surface area is 182 Å². The zero-order chi connectivity index (χ0) is 21.7. The minimum absolute atomic E-state index is 0.0695. The maximum atomic E-state index is 13.0. The van der Waals surface area contributed by atoms with Gasteiger partial charge in [-0.2, -0.15) is 0 Å². The Morgan fingerprint density at radius 2 is 1.61 bits per heavy atom. The van der Waals surface area contributed by atoms with E-state index >= 15 is 0 Å². The van der Waals surface area contributed by atoms with Crippen molar-refractivity contribution in [2.45, 2.75) is 25.5 Å². The van der Waals surface area contributed by atoms with E-state index in [4.69, 9.17) is 9.78 Å². The summed E-state index contributed by atoms with van der Waals surface area (Å²) in [7, 11) is 1.47. The molecule has 3 aromatic rings. The molecule has 0 saturated carbocycles. The average molecular weight is 421 g/mol. The van der Waals surface area contributed by atoms with E-state index in [1.54, 1.807) is 12.4 Å². The van der Waals surface area contributed by atoms with Gasteiger partial charge in [0.05, 0.1) is 7.11 Å². The van der Waals surface area contributed by atoms with E-state index in [-0.39, 0.29) is 5.91 Å². The molecule has 0 aliphatic rings. The van der Waals surface area contributed by atoms with E-state index in [1.165, 1.54) is 7.11 Å². The summed E-state index contributed by atoms with van der Waals surface area (Å²) >= 11 is 0. The molecule has 0 fully saturated rings. The van der Waals surface area contributed by atoms with Crippen LogP contribution < -0.4 is 10.6 Å². The minimum atomic E-state index is -0.479. The molecule has 2 heterocycles.